The Kier molecular flexibility index (Phi) is 6.92. The molecule has 188 valence electrons. The lowest BCUT2D eigenvalue weighted by Gasteiger charge is -2.62. The van der Waals surface area contributed by atoms with E-state index in [1.165, 1.54) is 24.2 Å². The Hall–Kier alpha value is -1.14. The summed E-state index contributed by atoms with van der Waals surface area (Å²) < 4.78 is 0. The van der Waals surface area contributed by atoms with E-state index in [0.717, 1.165) is 38.5 Å². The van der Waals surface area contributed by atoms with Crippen LogP contribution in [0.4, 0.5) is 0 Å². The Morgan fingerprint density at radius 2 is 1.67 bits per heavy atom. The lowest BCUT2D eigenvalue weighted by atomic mass is 9.43. The van der Waals surface area contributed by atoms with Crippen LogP contribution in [0.25, 0.3) is 0 Å². The molecule has 0 aromatic carbocycles. The van der Waals surface area contributed by atoms with Gasteiger partial charge in [-0.1, -0.05) is 20.8 Å². The van der Waals surface area contributed by atoms with Crippen molar-refractivity contribution >= 4 is 11.9 Å². The first-order valence-corrected chi connectivity index (χ1v) is 13.3. The maximum absolute atomic E-state index is 12.4. The molecule has 1 amide bonds. The molecule has 0 aliphatic heterocycles. The van der Waals surface area contributed by atoms with E-state index in [9.17, 15) is 19.8 Å². The van der Waals surface area contributed by atoms with Crippen LogP contribution >= 0.6 is 0 Å². The summed E-state index contributed by atoms with van der Waals surface area (Å²) in [5.74, 6) is 1.78. The van der Waals surface area contributed by atoms with E-state index >= 15 is 0 Å². The summed E-state index contributed by atoms with van der Waals surface area (Å²) in [5.41, 5.74) is 0.449. The van der Waals surface area contributed by atoms with Gasteiger partial charge in [0.1, 0.15) is 6.54 Å². The van der Waals surface area contributed by atoms with Crippen LogP contribution in [0.2, 0.25) is 0 Å². The number of fused-ring (bicyclic) bond motifs is 5. The Morgan fingerprint density at radius 1 is 1.00 bits per heavy atom. The van der Waals surface area contributed by atoms with Crippen molar-refractivity contribution in [2.24, 2.45) is 46.3 Å². The fourth-order valence-corrected chi connectivity index (χ4v) is 9.21. The minimum absolute atomic E-state index is 0.0891. The monoisotopic (exact) mass is 463 g/mol. The topological polar surface area (TPSA) is 98.1 Å². The molecule has 4 aliphatic carbocycles. The lowest BCUT2D eigenvalue weighted by molar-refractivity contribution is -0.174. The van der Waals surface area contributed by atoms with E-state index in [-0.39, 0.29) is 35.5 Å². The Balaban J connectivity index is 1.44. The summed E-state index contributed by atoms with van der Waals surface area (Å²) in [6.45, 7) is 6.93. The summed E-state index contributed by atoms with van der Waals surface area (Å²) in [7, 11) is 1.57. The van der Waals surface area contributed by atoms with Gasteiger partial charge in [0.15, 0.2) is 0 Å². The van der Waals surface area contributed by atoms with Crippen molar-refractivity contribution in [2.75, 3.05) is 13.6 Å². The van der Waals surface area contributed by atoms with Gasteiger partial charge in [-0.25, -0.2) is 0 Å². The molecule has 4 rings (SSSR count). The van der Waals surface area contributed by atoms with Gasteiger partial charge >= 0.3 is 5.97 Å². The predicted molar refractivity (Wildman–Crippen MR) is 126 cm³/mol. The lowest BCUT2D eigenvalue weighted by Crippen LogP contribution is -2.58. The van der Waals surface area contributed by atoms with Crippen molar-refractivity contribution in [1.29, 1.82) is 0 Å². The third-order valence-corrected chi connectivity index (χ3v) is 11.0. The molecule has 4 saturated carbocycles. The second kappa shape index (κ2) is 9.14. The van der Waals surface area contributed by atoms with Gasteiger partial charge in [0, 0.05) is 13.5 Å². The van der Waals surface area contributed by atoms with Gasteiger partial charge in [0.05, 0.1) is 12.2 Å². The van der Waals surface area contributed by atoms with Crippen molar-refractivity contribution in [3.63, 3.8) is 0 Å². The SMILES string of the molecule is C[C@H](CCC(=O)N(C)CC(=O)O)[C@H]1CCC2C3C(CC[C@@]21C)[C@]1(C)CC[C@@H](O)C[C@H]1C[C@@H]3O. The second-order valence-electron chi connectivity index (χ2n) is 12.6. The number of aliphatic carboxylic acids is 1. The van der Waals surface area contributed by atoms with Crippen LogP contribution in [0.1, 0.15) is 85.0 Å². The van der Waals surface area contributed by atoms with Crippen molar-refractivity contribution in [1.82, 2.24) is 4.90 Å². The largest absolute Gasteiger partial charge is 0.480 e. The molecular weight excluding hydrogens is 418 g/mol. The van der Waals surface area contributed by atoms with Gasteiger partial charge in [0.2, 0.25) is 5.91 Å². The molecule has 10 atom stereocenters. The summed E-state index contributed by atoms with van der Waals surface area (Å²) in [6.07, 6.45) is 9.10. The zero-order valence-electron chi connectivity index (χ0n) is 21.0. The van der Waals surface area contributed by atoms with Crippen molar-refractivity contribution < 1.29 is 24.9 Å². The zero-order chi connectivity index (χ0) is 24.1. The molecule has 3 N–H and O–H groups in total. The van der Waals surface area contributed by atoms with E-state index in [1.807, 2.05) is 0 Å². The highest BCUT2D eigenvalue weighted by molar-refractivity contribution is 5.80. The van der Waals surface area contributed by atoms with Crippen LogP contribution < -0.4 is 0 Å². The van der Waals surface area contributed by atoms with Gasteiger partial charge in [-0.3, -0.25) is 9.59 Å². The molecule has 6 nitrogen and oxygen atoms in total. The van der Waals surface area contributed by atoms with Crippen LogP contribution in [0.3, 0.4) is 0 Å². The van der Waals surface area contributed by atoms with Crippen molar-refractivity contribution in [3.8, 4) is 0 Å². The van der Waals surface area contributed by atoms with Crippen LogP contribution in [0.5, 0.6) is 0 Å². The second-order valence-corrected chi connectivity index (χ2v) is 12.6. The van der Waals surface area contributed by atoms with E-state index in [1.54, 1.807) is 7.05 Å². The average molecular weight is 464 g/mol. The number of hydrogen-bond donors (Lipinski definition) is 3. The number of carboxylic acid groups (broad SMARTS) is 1. The first kappa shape index (κ1) is 25.0. The smallest absolute Gasteiger partial charge is 0.323 e. The van der Waals surface area contributed by atoms with Gasteiger partial charge in [0.25, 0.3) is 0 Å². The van der Waals surface area contributed by atoms with E-state index in [0.29, 0.717) is 41.9 Å². The van der Waals surface area contributed by atoms with Crippen LogP contribution in [0, 0.1) is 46.3 Å². The number of likely N-dealkylation sites (N-methyl/N-ethyl adjacent to an activating group) is 1. The fraction of sp³-hybridized carbons (Fsp3) is 0.926. The number of amides is 1. The molecule has 4 fully saturated rings. The standard InChI is InChI=1S/C27H45NO5/c1-16(5-8-23(31)28(4)15-24(32)33)19-6-7-20-25-21(10-12-27(19,20)3)26(2)11-9-18(29)13-17(26)14-22(25)30/h16-22,25,29-30H,5-15H2,1-4H3,(H,32,33)/t16-,17+,18-,19-,20?,21?,22+,25?,26-,27-/m1/s1. The Morgan fingerprint density at radius 3 is 2.36 bits per heavy atom. The van der Waals surface area contributed by atoms with Crippen molar-refractivity contribution in [2.45, 2.75) is 97.2 Å². The maximum atomic E-state index is 12.4. The molecule has 3 unspecified atom stereocenters. The van der Waals surface area contributed by atoms with E-state index in [4.69, 9.17) is 5.11 Å². The predicted octanol–water partition coefficient (Wildman–Crippen LogP) is 3.94. The van der Waals surface area contributed by atoms with Crippen molar-refractivity contribution in [3.05, 3.63) is 0 Å². The van der Waals surface area contributed by atoms with Crippen LogP contribution in [0.15, 0.2) is 0 Å². The summed E-state index contributed by atoms with van der Waals surface area (Å²) in [6, 6.07) is 0. The summed E-state index contributed by atoms with van der Waals surface area (Å²) in [5, 5.41) is 30.6. The fourth-order valence-electron chi connectivity index (χ4n) is 9.21. The molecule has 0 saturated heterocycles. The number of carboxylic acids is 1. The first-order valence-electron chi connectivity index (χ1n) is 13.3. The molecule has 4 aliphatic rings. The molecular formula is C27H45NO5. The molecule has 33 heavy (non-hydrogen) atoms. The molecule has 0 heterocycles. The number of carbonyl (C=O) groups is 2. The number of aliphatic hydroxyl groups excluding tert-OH is 2. The molecule has 0 aromatic rings. The maximum Gasteiger partial charge on any atom is 0.323 e. The van der Waals surface area contributed by atoms with Gasteiger partial charge in [-0.15, -0.1) is 0 Å². The highest BCUT2D eigenvalue weighted by Crippen LogP contribution is 2.68. The quantitative estimate of drug-likeness (QED) is 0.554. The third kappa shape index (κ3) is 4.35. The van der Waals surface area contributed by atoms with E-state index < -0.39 is 5.97 Å². The number of hydrogen-bond acceptors (Lipinski definition) is 4. The van der Waals surface area contributed by atoms with Crippen LogP contribution in [-0.4, -0.2) is 57.9 Å². The Labute approximate surface area is 199 Å². The summed E-state index contributed by atoms with van der Waals surface area (Å²) >= 11 is 0. The summed E-state index contributed by atoms with van der Waals surface area (Å²) in [4.78, 5) is 24.6. The van der Waals surface area contributed by atoms with Crippen LogP contribution in [-0.2, 0) is 9.59 Å². The van der Waals surface area contributed by atoms with Gasteiger partial charge in [-0.2, -0.15) is 0 Å². The first-order chi connectivity index (χ1) is 15.5. The molecule has 0 bridgehead atoms. The number of nitrogens with zero attached hydrogens (tertiary/aromatic N) is 1. The third-order valence-electron chi connectivity index (χ3n) is 11.0. The number of rotatable bonds is 6. The minimum atomic E-state index is -0.976. The van der Waals surface area contributed by atoms with Gasteiger partial charge < -0.3 is 20.2 Å². The molecule has 0 spiro atoms. The zero-order valence-corrected chi connectivity index (χ0v) is 21.0. The highest BCUT2D eigenvalue weighted by atomic mass is 16.4. The molecule has 0 radical (unpaired) electrons. The van der Waals surface area contributed by atoms with E-state index in [2.05, 4.69) is 20.8 Å². The minimum Gasteiger partial charge on any atom is -0.480 e. The number of carbonyl (C=O) groups excluding carboxylic acids is 1. The highest BCUT2D eigenvalue weighted by Gasteiger charge is 2.62. The van der Waals surface area contributed by atoms with Gasteiger partial charge in [-0.05, 0) is 104 Å². The molecule has 0 aromatic heterocycles. The molecule has 6 heteroatoms. The number of aliphatic hydroxyl groups is 2. The average Bonchev–Trinajstić information content (AvgIpc) is 3.09. The normalized spacial score (nSPS) is 45.5. The Bertz CT molecular complexity index is 757.